The summed E-state index contributed by atoms with van der Waals surface area (Å²) in [6.45, 7) is 2.35. The number of hydrogen-bond donors (Lipinski definition) is 1. The number of carbonyl (C=O) groups is 1. The quantitative estimate of drug-likeness (QED) is 0.548. The number of rotatable bonds is 5. The van der Waals surface area contributed by atoms with Gasteiger partial charge in [0.1, 0.15) is 0 Å². The van der Waals surface area contributed by atoms with Crippen molar-refractivity contribution >= 4 is 27.4 Å². The SMILES string of the molecule is CCCCOC(=O)c1nc(-c2ccccc2)c2sccc2c1O. The normalized spacial score (nSPS) is 10.8. The van der Waals surface area contributed by atoms with Gasteiger partial charge in [0.15, 0.2) is 11.4 Å². The summed E-state index contributed by atoms with van der Waals surface area (Å²) in [7, 11) is 0. The highest BCUT2D eigenvalue weighted by molar-refractivity contribution is 7.17. The molecule has 0 unspecified atom stereocenters. The number of aromatic hydroxyl groups is 1. The molecule has 0 aliphatic carbocycles. The van der Waals surface area contributed by atoms with Gasteiger partial charge in [-0.05, 0) is 17.9 Å². The molecule has 1 N–H and O–H groups in total. The van der Waals surface area contributed by atoms with Crippen molar-refractivity contribution in [2.45, 2.75) is 19.8 Å². The van der Waals surface area contributed by atoms with Crippen LogP contribution >= 0.6 is 11.3 Å². The summed E-state index contributed by atoms with van der Waals surface area (Å²) in [5, 5.41) is 12.9. The number of pyridine rings is 1. The Bertz CT molecular complexity index is 827. The molecule has 0 amide bonds. The molecule has 118 valence electrons. The molecule has 0 radical (unpaired) electrons. The molecule has 3 aromatic rings. The summed E-state index contributed by atoms with van der Waals surface area (Å²) < 4.78 is 6.07. The Morgan fingerprint density at radius 3 is 2.78 bits per heavy atom. The van der Waals surface area contributed by atoms with Crippen molar-refractivity contribution in [3.63, 3.8) is 0 Å². The van der Waals surface area contributed by atoms with E-state index in [2.05, 4.69) is 4.98 Å². The first kappa shape index (κ1) is 15.5. The standard InChI is InChI=1S/C18H17NO3S/c1-2-3-10-22-18(21)15-16(20)13-9-11-23-17(13)14(19-15)12-7-5-4-6-8-12/h4-9,11,20H,2-3,10H2,1H3. The summed E-state index contributed by atoms with van der Waals surface area (Å²) in [6, 6.07) is 11.4. The van der Waals surface area contributed by atoms with Crippen molar-refractivity contribution in [2.75, 3.05) is 6.61 Å². The molecular formula is C18H17NO3S. The lowest BCUT2D eigenvalue weighted by Crippen LogP contribution is -2.09. The topological polar surface area (TPSA) is 59.4 Å². The summed E-state index contributed by atoms with van der Waals surface area (Å²) in [6.07, 6.45) is 1.73. The first-order chi connectivity index (χ1) is 11.2. The predicted molar refractivity (Wildman–Crippen MR) is 91.9 cm³/mol. The Labute approximate surface area is 138 Å². The lowest BCUT2D eigenvalue weighted by atomic mass is 10.1. The molecule has 0 saturated heterocycles. The van der Waals surface area contributed by atoms with Crippen molar-refractivity contribution < 1.29 is 14.6 Å². The highest BCUT2D eigenvalue weighted by Gasteiger charge is 2.21. The van der Waals surface area contributed by atoms with Crippen LogP contribution < -0.4 is 0 Å². The molecule has 0 spiro atoms. The minimum absolute atomic E-state index is 0.0224. The molecule has 0 aliphatic rings. The molecule has 1 aromatic carbocycles. The van der Waals surface area contributed by atoms with Crippen LogP contribution in [0.3, 0.4) is 0 Å². The smallest absolute Gasteiger partial charge is 0.360 e. The van der Waals surface area contributed by atoms with Gasteiger partial charge in [0.25, 0.3) is 0 Å². The number of ether oxygens (including phenoxy) is 1. The second kappa shape index (κ2) is 6.79. The van der Waals surface area contributed by atoms with Crippen LogP contribution in [0.1, 0.15) is 30.3 Å². The first-order valence-electron chi connectivity index (χ1n) is 7.55. The molecule has 23 heavy (non-hydrogen) atoms. The van der Waals surface area contributed by atoms with Crippen LogP contribution in [0.2, 0.25) is 0 Å². The molecule has 4 nitrogen and oxygen atoms in total. The molecule has 0 fully saturated rings. The van der Waals surface area contributed by atoms with Gasteiger partial charge < -0.3 is 9.84 Å². The van der Waals surface area contributed by atoms with E-state index in [0.717, 1.165) is 23.1 Å². The zero-order valence-electron chi connectivity index (χ0n) is 12.8. The van der Waals surface area contributed by atoms with Crippen LogP contribution in [0.25, 0.3) is 21.3 Å². The second-order valence-corrected chi connectivity index (χ2v) is 6.09. The summed E-state index contributed by atoms with van der Waals surface area (Å²) >= 11 is 1.49. The van der Waals surface area contributed by atoms with E-state index in [1.54, 1.807) is 6.07 Å². The van der Waals surface area contributed by atoms with Crippen LogP contribution in [0.4, 0.5) is 0 Å². The Balaban J connectivity index is 2.09. The van der Waals surface area contributed by atoms with Gasteiger partial charge in [0, 0.05) is 10.9 Å². The lowest BCUT2D eigenvalue weighted by Gasteiger charge is -2.09. The van der Waals surface area contributed by atoms with Crippen molar-refractivity contribution in [1.29, 1.82) is 0 Å². The average Bonchev–Trinajstić information content (AvgIpc) is 3.06. The number of aromatic nitrogens is 1. The van der Waals surface area contributed by atoms with Crippen molar-refractivity contribution in [3.05, 3.63) is 47.5 Å². The van der Waals surface area contributed by atoms with Crippen LogP contribution in [-0.2, 0) is 4.74 Å². The van der Waals surface area contributed by atoms with Gasteiger partial charge in [-0.25, -0.2) is 9.78 Å². The summed E-state index contributed by atoms with van der Waals surface area (Å²) in [4.78, 5) is 16.7. The van der Waals surface area contributed by atoms with Gasteiger partial charge in [0.05, 0.1) is 17.0 Å². The molecular weight excluding hydrogens is 310 g/mol. The number of benzene rings is 1. The Morgan fingerprint density at radius 2 is 2.04 bits per heavy atom. The zero-order valence-corrected chi connectivity index (χ0v) is 13.6. The number of carbonyl (C=O) groups excluding carboxylic acids is 1. The van der Waals surface area contributed by atoms with Gasteiger partial charge in [-0.1, -0.05) is 43.7 Å². The van der Waals surface area contributed by atoms with Gasteiger partial charge in [-0.15, -0.1) is 11.3 Å². The largest absolute Gasteiger partial charge is 0.505 e. The van der Waals surface area contributed by atoms with Crippen LogP contribution in [0, 0.1) is 0 Å². The van der Waals surface area contributed by atoms with Crippen LogP contribution in [0.15, 0.2) is 41.8 Å². The Kier molecular flexibility index (Phi) is 4.57. The molecule has 0 aliphatic heterocycles. The number of fused-ring (bicyclic) bond motifs is 1. The van der Waals surface area contributed by atoms with E-state index in [1.807, 2.05) is 42.6 Å². The maximum absolute atomic E-state index is 12.2. The van der Waals surface area contributed by atoms with Crippen molar-refractivity contribution in [1.82, 2.24) is 4.98 Å². The number of unbranched alkanes of at least 4 members (excludes halogenated alkanes) is 1. The second-order valence-electron chi connectivity index (χ2n) is 5.18. The van der Waals surface area contributed by atoms with Crippen LogP contribution in [0.5, 0.6) is 5.75 Å². The molecule has 0 bridgehead atoms. The molecule has 0 saturated carbocycles. The van der Waals surface area contributed by atoms with E-state index < -0.39 is 5.97 Å². The fraction of sp³-hybridized carbons (Fsp3) is 0.222. The number of nitrogens with zero attached hydrogens (tertiary/aromatic N) is 1. The van der Waals surface area contributed by atoms with Crippen molar-refractivity contribution in [2.24, 2.45) is 0 Å². The number of esters is 1. The third-order valence-electron chi connectivity index (χ3n) is 3.55. The van der Waals surface area contributed by atoms with E-state index in [1.165, 1.54) is 11.3 Å². The van der Waals surface area contributed by atoms with E-state index in [4.69, 9.17) is 4.74 Å². The molecule has 3 rings (SSSR count). The molecule has 2 aromatic heterocycles. The predicted octanol–water partition coefficient (Wildman–Crippen LogP) is 4.63. The minimum atomic E-state index is -0.582. The highest BCUT2D eigenvalue weighted by Crippen LogP contribution is 2.38. The third kappa shape index (κ3) is 3.05. The molecule has 5 heteroatoms. The monoisotopic (exact) mass is 327 g/mol. The highest BCUT2D eigenvalue weighted by atomic mass is 32.1. The summed E-state index contributed by atoms with van der Waals surface area (Å²) in [5.74, 6) is -0.691. The summed E-state index contributed by atoms with van der Waals surface area (Å²) in [5.41, 5.74) is 1.57. The van der Waals surface area contributed by atoms with E-state index >= 15 is 0 Å². The first-order valence-corrected chi connectivity index (χ1v) is 8.43. The Hall–Kier alpha value is -2.40. The lowest BCUT2D eigenvalue weighted by molar-refractivity contribution is 0.0490. The van der Waals surface area contributed by atoms with E-state index in [-0.39, 0.29) is 11.4 Å². The van der Waals surface area contributed by atoms with Gasteiger partial charge >= 0.3 is 5.97 Å². The van der Waals surface area contributed by atoms with Gasteiger partial charge in [-0.2, -0.15) is 0 Å². The van der Waals surface area contributed by atoms with Crippen molar-refractivity contribution in [3.8, 4) is 17.0 Å². The maximum atomic E-state index is 12.2. The Morgan fingerprint density at radius 1 is 1.26 bits per heavy atom. The molecule has 2 heterocycles. The fourth-order valence-electron chi connectivity index (χ4n) is 2.33. The van der Waals surface area contributed by atoms with Gasteiger partial charge in [-0.3, -0.25) is 0 Å². The van der Waals surface area contributed by atoms with E-state index in [9.17, 15) is 9.90 Å². The zero-order chi connectivity index (χ0) is 16.2. The maximum Gasteiger partial charge on any atom is 0.360 e. The third-order valence-corrected chi connectivity index (χ3v) is 4.48. The molecule has 0 atom stereocenters. The van der Waals surface area contributed by atoms with Gasteiger partial charge in [0.2, 0.25) is 0 Å². The minimum Gasteiger partial charge on any atom is -0.505 e. The van der Waals surface area contributed by atoms with Crippen LogP contribution in [-0.4, -0.2) is 22.7 Å². The number of thiophene rings is 1. The average molecular weight is 327 g/mol. The van der Waals surface area contributed by atoms with E-state index in [0.29, 0.717) is 17.7 Å². The fourth-order valence-corrected chi connectivity index (χ4v) is 3.24. The number of hydrogen-bond acceptors (Lipinski definition) is 5.